The lowest BCUT2D eigenvalue weighted by Crippen LogP contribution is -2.19. The molecular formula is C11H14F3N. The molecule has 0 fully saturated rings. The highest BCUT2D eigenvalue weighted by molar-refractivity contribution is 5.20. The van der Waals surface area contributed by atoms with Crippen LogP contribution in [0.3, 0.4) is 0 Å². The zero-order chi connectivity index (χ0) is 11.4. The molecule has 0 saturated heterocycles. The molecule has 0 saturated carbocycles. The fourth-order valence-electron chi connectivity index (χ4n) is 1.30. The van der Waals surface area contributed by atoms with Crippen molar-refractivity contribution in [2.24, 2.45) is 5.73 Å². The van der Waals surface area contributed by atoms with Gasteiger partial charge < -0.3 is 5.73 Å². The Bertz CT molecular complexity index is 339. The van der Waals surface area contributed by atoms with Gasteiger partial charge in [0.25, 0.3) is 0 Å². The summed E-state index contributed by atoms with van der Waals surface area (Å²) in [6, 6.07) is 2.17. The van der Waals surface area contributed by atoms with E-state index in [1.54, 1.807) is 0 Å². The second-order valence-corrected chi connectivity index (χ2v) is 3.54. The Morgan fingerprint density at radius 1 is 1.20 bits per heavy atom. The third-order valence-corrected chi connectivity index (χ3v) is 2.42. The van der Waals surface area contributed by atoms with Gasteiger partial charge in [-0.15, -0.1) is 0 Å². The average Bonchev–Trinajstić information content (AvgIpc) is 2.24. The molecule has 1 unspecified atom stereocenters. The van der Waals surface area contributed by atoms with Crippen LogP contribution in [0, 0.1) is 17.5 Å². The van der Waals surface area contributed by atoms with Crippen LogP contribution in [0.4, 0.5) is 13.2 Å². The van der Waals surface area contributed by atoms with Gasteiger partial charge in [-0.25, -0.2) is 13.2 Å². The predicted molar refractivity (Wildman–Crippen MR) is 52.9 cm³/mol. The first-order valence-electron chi connectivity index (χ1n) is 4.94. The van der Waals surface area contributed by atoms with Gasteiger partial charge in [0, 0.05) is 6.04 Å². The van der Waals surface area contributed by atoms with E-state index in [1.807, 2.05) is 6.92 Å². The molecule has 1 rings (SSSR count). The van der Waals surface area contributed by atoms with Crippen molar-refractivity contribution in [2.45, 2.75) is 32.2 Å². The normalized spacial score (nSPS) is 12.9. The molecule has 0 spiro atoms. The molecule has 0 amide bonds. The van der Waals surface area contributed by atoms with Crippen molar-refractivity contribution in [2.75, 3.05) is 0 Å². The smallest absolute Gasteiger partial charge is 0.194 e. The second kappa shape index (κ2) is 5.16. The Balaban J connectivity index is 2.74. The highest BCUT2D eigenvalue weighted by Gasteiger charge is 2.13. The molecule has 2 N–H and O–H groups in total. The first-order chi connectivity index (χ1) is 7.06. The lowest BCUT2D eigenvalue weighted by Gasteiger charge is -2.09. The zero-order valence-corrected chi connectivity index (χ0v) is 8.56. The fraction of sp³-hybridized carbons (Fsp3) is 0.455. The second-order valence-electron chi connectivity index (χ2n) is 3.54. The summed E-state index contributed by atoms with van der Waals surface area (Å²) < 4.78 is 38.6. The molecule has 4 heteroatoms. The average molecular weight is 217 g/mol. The highest BCUT2D eigenvalue weighted by Crippen LogP contribution is 2.17. The Kier molecular flexibility index (Phi) is 4.15. The number of rotatable bonds is 4. The lowest BCUT2D eigenvalue weighted by atomic mass is 10.0. The Morgan fingerprint density at radius 3 is 2.47 bits per heavy atom. The highest BCUT2D eigenvalue weighted by atomic mass is 19.2. The van der Waals surface area contributed by atoms with Crippen molar-refractivity contribution in [3.05, 3.63) is 35.1 Å². The van der Waals surface area contributed by atoms with Crippen LogP contribution >= 0.6 is 0 Å². The van der Waals surface area contributed by atoms with Gasteiger partial charge in [0.2, 0.25) is 0 Å². The monoisotopic (exact) mass is 217 g/mol. The Morgan fingerprint density at radius 2 is 1.87 bits per heavy atom. The van der Waals surface area contributed by atoms with Crippen LogP contribution in [-0.4, -0.2) is 6.04 Å². The summed E-state index contributed by atoms with van der Waals surface area (Å²) in [6.07, 6.45) is 1.68. The minimum atomic E-state index is -1.41. The van der Waals surface area contributed by atoms with Crippen LogP contribution in [0.5, 0.6) is 0 Å². The van der Waals surface area contributed by atoms with E-state index in [0.717, 1.165) is 12.5 Å². The number of aryl methyl sites for hydroxylation is 1. The minimum absolute atomic E-state index is 0.0301. The van der Waals surface area contributed by atoms with Gasteiger partial charge in [0.1, 0.15) is 0 Å². The maximum absolute atomic E-state index is 13.2. The molecule has 1 aromatic rings. The van der Waals surface area contributed by atoms with Crippen molar-refractivity contribution in [1.82, 2.24) is 0 Å². The minimum Gasteiger partial charge on any atom is -0.328 e. The van der Waals surface area contributed by atoms with Crippen LogP contribution in [-0.2, 0) is 6.42 Å². The maximum Gasteiger partial charge on any atom is 0.194 e. The van der Waals surface area contributed by atoms with Crippen LogP contribution in [0.1, 0.15) is 25.3 Å². The third kappa shape index (κ3) is 2.96. The van der Waals surface area contributed by atoms with E-state index in [9.17, 15) is 13.2 Å². The molecule has 1 atom stereocenters. The Hall–Kier alpha value is -1.03. The van der Waals surface area contributed by atoms with Crippen LogP contribution < -0.4 is 5.73 Å². The van der Waals surface area contributed by atoms with Gasteiger partial charge in [-0.3, -0.25) is 0 Å². The summed E-state index contributed by atoms with van der Waals surface area (Å²) in [5.74, 6) is -3.66. The summed E-state index contributed by atoms with van der Waals surface area (Å²) in [5.41, 5.74) is 5.83. The molecule has 0 aliphatic heterocycles. The van der Waals surface area contributed by atoms with E-state index < -0.39 is 17.5 Å². The fourth-order valence-corrected chi connectivity index (χ4v) is 1.30. The van der Waals surface area contributed by atoms with Gasteiger partial charge in [-0.1, -0.05) is 13.0 Å². The van der Waals surface area contributed by atoms with E-state index in [2.05, 4.69) is 0 Å². The summed E-state index contributed by atoms with van der Waals surface area (Å²) in [5, 5.41) is 0. The van der Waals surface area contributed by atoms with Crippen molar-refractivity contribution in [3.8, 4) is 0 Å². The molecule has 15 heavy (non-hydrogen) atoms. The standard InChI is InChI=1S/C11H14F3N/c1-2-8(15)5-3-7-4-6-9(12)11(14)10(7)13/h4,6,8H,2-3,5,15H2,1H3. The number of nitrogens with two attached hydrogens (primary N) is 1. The summed E-state index contributed by atoms with van der Waals surface area (Å²) in [7, 11) is 0. The first kappa shape index (κ1) is 12.0. The van der Waals surface area contributed by atoms with Crippen LogP contribution in [0.15, 0.2) is 12.1 Å². The molecule has 1 nitrogen and oxygen atoms in total. The molecule has 84 valence electrons. The molecule has 0 aromatic heterocycles. The van der Waals surface area contributed by atoms with Crippen LogP contribution in [0.2, 0.25) is 0 Å². The number of benzene rings is 1. The van der Waals surface area contributed by atoms with Gasteiger partial charge in [-0.2, -0.15) is 0 Å². The van der Waals surface area contributed by atoms with E-state index in [4.69, 9.17) is 5.73 Å². The third-order valence-electron chi connectivity index (χ3n) is 2.42. The molecule has 0 radical (unpaired) electrons. The van der Waals surface area contributed by atoms with Gasteiger partial charge >= 0.3 is 0 Å². The van der Waals surface area contributed by atoms with Gasteiger partial charge in [0.15, 0.2) is 17.5 Å². The molecule has 0 heterocycles. The van der Waals surface area contributed by atoms with Crippen molar-refractivity contribution in [1.29, 1.82) is 0 Å². The van der Waals surface area contributed by atoms with E-state index in [0.29, 0.717) is 12.8 Å². The maximum atomic E-state index is 13.2. The van der Waals surface area contributed by atoms with Crippen LogP contribution in [0.25, 0.3) is 0 Å². The van der Waals surface area contributed by atoms with Crippen molar-refractivity contribution in [3.63, 3.8) is 0 Å². The quantitative estimate of drug-likeness (QED) is 0.771. The zero-order valence-electron chi connectivity index (χ0n) is 8.56. The van der Waals surface area contributed by atoms with Crippen molar-refractivity contribution >= 4 is 0 Å². The SMILES string of the molecule is CCC(N)CCc1ccc(F)c(F)c1F. The molecule has 0 bridgehead atoms. The van der Waals surface area contributed by atoms with Gasteiger partial charge in [-0.05, 0) is 30.9 Å². The summed E-state index contributed by atoms with van der Waals surface area (Å²) in [4.78, 5) is 0. The first-order valence-corrected chi connectivity index (χ1v) is 4.94. The topological polar surface area (TPSA) is 26.0 Å². The molecule has 0 aliphatic rings. The predicted octanol–water partition coefficient (Wildman–Crippen LogP) is 2.77. The van der Waals surface area contributed by atoms with Crippen molar-refractivity contribution < 1.29 is 13.2 Å². The largest absolute Gasteiger partial charge is 0.328 e. The molecule has 0 aliphatic carbocycles. The summed E-state index contributed by atoms with van der Waals surface area (Å²) >= 11 is 0. The van der Waals surface area contributed by atoms with Gasteiger partial charge in [0.05, 0.1) is 0 Å². The lowest BCUT2D eigenvalue weighted by molar-refractivity contribution is 0.438. The molecule has 1 aromatic carbocycles. The molecular weight excluding hydrogens is 203 g/mol. The number of hydrogen-bond acceptors (Lipinski definition) is 1. The van der Waals surface area contributed by atoms with E-state index in [1.165, 1.54) is 6.07 Å². The van der Waals surface area contributed by atoms with E-state index >= 15 is 0 Å². The summed E-state index contributed by atoms with van der Waals surface area (Å²) in [6.45, 7) is 1.92. The number of halogens is 3. The Labute approximate surface area is 87.1 Å². The van der Waals surface area contributed by atoms with E-state index in [-0.39, 0.29) is 11.6 Å². The number of hydrogen-bond donors (Lipinski definition) is 1.